The zero-order valence-corrected chi connectivity index (χ0v) is 15.4. The lowest BCUT2D eigenvalue weighted by Crippen LogP contribution is -2.13. The summed E-state index contributed by atoms with van der Waals surface area (Å²) in [7, 11) is 0. The summed E-state index contributed by atoms with van der Waals surface area (Å²) in [6.45, 7) is 2.53. The third kappa shape index (κ3) is 4.50. The molecule has 0 atom stereocenters. The highest BCUT2D eigenvalue weighted by molar-refractivity contribution is 8.01. The van der Waals surface area contributed by atoms with Crippen molar-refractivity contribution < 1.29 is 14.5 Å². The molecule has 1 N–H and O–H groups in total. The van der Waals surface area contributed by atoms with Gasteiger partial charge in [0.05, 0.1) is 27.5 Å². The standard InChI is InChI=1S/C17H15N3O4S2/c1-2-24-13-6-7-14-15(9-13)26-17(19-14)25-10-16(21)18-11-4-3-5-12(8-11)20(22)23/h3-9H,2,10H2,1H3,(H,18,21). The number of rotatable bonds is 7. The van der Waals surface area contributed by atoms with E-state index in [9.17, 15) is 14.9 Å². The van der Waals surface area contributed by atoms with Gasteiger partial charge in [-0.2, -0.15) is 0 Å². The second kappa shape index (κ2) is 8.15. The molecule has 9 heteroatoms. The van der Waals surface area contributed by atoms with Crippen molar-refractivity contribution >= 4 is 50.6 Å². The molecular formula is C17H15N3O4S2. The Morgan fingerprint density at radius 3 is 2.96 bits per heavy atom. The lowest BCUT2D eigenvalue weighted by atomic mass is 10.3. The monoisotopic (exact) mass is 389 g/mol. The van der Waals surface area contributed by atoms with E-state index in [1.165, 1.54) is 41.3 Å². The topological polar surface area (TPSA) is 94.4 Å². The van der Waals surface area contributed by atoms with Gasteiger partial charge in [-0.3, -0.25) is 14.9 Å². The van der Waals surface area contributed by atoms with Gasteiger partial charge in [-0.25, -0.2) is 4.98 Å². The first-order chi connectivity index (χ1) is 12.5. The minimum Gasteiger partial charge on any atom is -0.494 e. The fraction of sp³-hybridized carbons (Fsp3) is 0.176. The molecule has 2 aromatic carbocycles. The van der Waals surface area contributed by atoms with E-state index in [0.717, 1.165) is 20.3 Å². The van der Waals surface area contributed by atoms with Gasteiger partial charge in [-0.1, -0.05) is 17.8 Å². The minimum absolute atomic E-state index is 0.0632. The first-order valence-electron chi connectivity index (χ1n) is 7.75. The second-order valence-electron chi connectivity index (χ2n) is 5.19. The summed E-state index contributed by atoms with van der Waals surface area (Å²) in [5.41, 5.74) is 1.20. The number of benzene rings is 2. The van der Waals surface area contributed by atoms with E-state index in [1.54, 1.807) is 6.07 Å². The lowest BCUT2D eigenvalue weighted by molar-refractivity contribution is -0.384. The van der Waals surface area contributed by atoms with Gasteiger partial charge in [-0.15, -0.1) is 11.3 Å². The summed E-state index contributed by atoms with van der Waals surface area (Å²) in [5.74, 6) is 0.717. The van der Waals surface area contributed by atoms with E-state index < -0.39 is 4.92 Å². The van der Waals surface area contributed by atoms with Crippen LogP contribution in [-0.2, 0) is 4.79 Å². The third-order valence-corrected chi connectivity index (χ3v) is 5.48. The molecule has 1 aromatic heterocycles. The van der Waals surface area contributed by atoms with Gasteiger partial charge in [0.1, 0.15) is 5.75 Å². The van der Waals surface area contributed by atoms with Crippen molar-refractivity contribution in [2.45, 2.75) is 11.3 Å². The molecule has 0 aliphatic carbocycles. The summed E-state index contributed by atoms with van der Waals surface area (Å²) in [4.78, 5) is 26.8. The van der Waals surface area contributed by atoms with Gasteiger partial charge >= 0.3 is 0 Å². The molecule has 3 aromatic rings. The molecule has 0 saturated carbocycles. The molecule has 0 spiro atoms. The fourth-order valence-corrected chi connectivity index (χ4v) is 4.12. The maximum absolute atomic E-state index is 12.1. The second-order valence-corrected chi connectivity index (χ2v) is 7.44. The molecule has 134 valence electrons. The van der Waals surface area contributed by atoms with Crippen LogP contribution in [0.3, 0.4) is 0 Å². The summed E-state index contributed by atoms with van der Waals surface area (Å²) >= 11 is 2.82. The van der Waals surface area contributed by atoms with Crippen LogP contribution in [0.5, 0.6) is 5.75 Å². The van der Waals surface area contributed by atoms with Crippen LogP contribution in [0.25, 0.3) is 10.2 Å². The number of fused-ring (bicyclic) bond motifs is 1. The molecule has 0 bridgehead atoms. The van der Waals surface area contributed by atoms with Gasteiger partial charge in [0, 0.05) is 17.8 Å². The Morgan fingerprint density at radius 1 is 1.35 bits per heavy atom. The number of nitro groups is 1. The summed E-state index contributed by atoms with van der Waals surface area (Å²) in [5, 5.41) is 13.4. The van der Waals surface area contributed by atoms with Gasteiger partial charge < -0.3 is 10.1 Å². The van der Waals surface area contributed by atoms with Crippen LogP contribution in [0, 0.1) is 10.1 Å². The molecular weight excluding hydrogens is 374 g/mol. The average molecular weight is 389 g/mol. The van der Waals surface area contributed by atoms with Crippen LogP contribution in [-0.4, -0.2) is 28.2 Å². The Labute approximate surface area is 157 Å². The predicted octanol–water partition coefficient (Wildman–Crippen LogP) is 4.33. The molecule has 1 heterocycles. The molecule has 26 heavy (non-hydrogen) atoms. The number of thioether (sulfide) groups is 1. The lowest BCUT2D eigenvalue weighted by Gasteiger charge is -2.03. The van der Waals surface area contributed by atoms with Crippen LogP contribution in [0.15, 0.2) is 46.8 Å². The summed E-state index contributed by atoms with van der Waals surface area (Å²) in [6.07, 6.45) is 0. The molecule has 0 radical (unpaired) electrons. The zero-order chi connectivity index (χ0) is 18.5. The molecule has 0 saturated heterocycles. The van der Waals surface area contributed by atoms with Gasteiger partial charge in [0.15, 0.2) is 4.34 Å². The maximum Gasteiger partial charge on any atom is 0.271 e. The van der Waals surface area contributed by atoms with Crippen molar-refractivity contribution in [1.82, 2.24) is 4.98 Å². The van der Waals surface area contributed by atoms with E-state index in [-0.39, 0.29) is 17.3 Å². The van der Waals surface area contributed by atoms with Crippen molar-refractivity contribution in [3.8, 4) is 5.75 Å². The third-order valence-electron chi connectivity index (χ3n) is 3.32. The van der Waals surface area contributed by atoms with Crippen molar-refractivity contribution in [1.29, 1.82) is 0 Å². The maximum atomic E-state index is 12.1. The van der Waals surface area contributed by atoms with Crippen LogP contribution in [0.2, 0.25) is 0 Å². The van der Waals surface area contributed by atoms with E-state index in [0.29, 0.717) is 12.3 Å². The highest BCUT2D eigenvalue weighted by atomic mass is 32.2. The Kier molecular flexibility index (Phi) is 5.69. The molecule has 3 rings (SSSR count). The van der Waals surface area contributed by atoms with Crippen molar-refractivity contribution in [3.05, 3.63) is 52.6 Å². The SMILES string of the molecule is CCOc1ccc2nc(SCC(=O)Nc3cccc([N+](=O)[O-])c3)sc2c1. The fourth-order valence-electron chi connectivity index (χ4n) is 2.22. The Morgan fingerprint density at radius 2 is 2.19 bits per heavy atom. The van der Waals surface area contributed by atoms with Gasteiger partial charge in [0.2, 0.25) is 5.91 Å². The van der Waals surface area contributed by atoms with Crippen molar-refractivity contribution in [2.24, 2.45) is 0 Å². The zero-order valence-electron chi connectivity index (χ0n) is 13.8. The molecule has 0 fully saturated rings. The summed E-state index contributed by atoms with van der Waals surface area (Å²) < 4.78 is 7.25. The molecule has 0 aliphatic rings. The largest absolute Gasteiger partial charge is 0.494 e. The smallest absolute Gasteiger partial charge is 0.271 e. The molecule has 0 aliphatic heterocycles. The number of ether oxygens (including phenoxy) is 1. The van der Waals surface area contributed by atoms with Gasteiger partial charge in [-0.05, 0) is 31.2 Å². The number of nitrogens with one attached hydrogen (secondary N) is 1. The summed E-state index contributed by atoms with van der Waals surface area (Å²) in [6, 6.07) is 11.5. The highest BCUT2D eigenvalue weighted by Crippen LogP contribution is 2.32. The average Bonchev–Trinajstić information content (AvgIpc) is 3.03. The van der Waals surface area contributed by atoms with Crippen LogP contribution < -0.4 is 10.1 Å². The normalized spacial score (nSPS) is 10.7. The highest BCUT2D eigenvalue weighted by Gasteiger charge is 2.11. The van der Waals surface area contributed by atoms with Crippen LogP contribution >= 0.6 is 23.1 Å². The number of nitro benzene ring substituents is 1. The molecule has 7 nitrogen and oxygen atoms in total. The number of non-ortho nitro benzene ring substituents is 1. The van der Waals surface area contributed by atoms with Crippen LogP contribution in [0.4, 0.5) is 11.4 Å². The van der Waals surface area contributed by atoms with E-state index >= 15 is 0 Å². The van der Waals surface area contributed by atoms with E-state index in [1.807, 2.05) is 25.1 Å². The predicted molar refractivity (Wildman–Crippen MR) is 103 cm³/mol. The Hall–Kier alpha value is -2.65. The number of hydrogen-bond donors (Lipinski definition) is 1. The van der Waals surface area contributed by atoms with Gasteiger partial charge in [0.25, 0.3) is 5.69 Å². The van der Waals surface area contributed by atoms with Crippen molar-refractivity contribution in [2.75, 3.05) is 17.7 Å². The number of aromatic nitrogens is 1. The van der Waals surface area contributed by atoms with Crippen molar-refractivity contribution in [3.63, 3.8) is 0 Å². The van der Waals surface area contributed by atoms with E-state index in [4.69, 9.17) is 4.74 Å². The number of nitrogens with zero attached hydrogens (tertiary/aromatic N) is 2. The van der Waals surface area contributed by atoms with E-state index in [2.05, 4.69) is 10.3 Å². The molecule has 0 unspecified atom stereocenters. The first kappa shape index (κ1) is 18.2. The number of carbonyl (C=O) groups excluding carboxylic acids is 1. The number of anilines is 1. The number of carbonyl (C=O) groups is 1. The molecule has 1 amide bonds. The number of amides is 1. The minimum atomic E-state index is -0.498. The number of thiazole rings is 1. The number of hydrogen-bond acceptors (Lipinski definition) is 7. The Balaban J connectivity index is 1.61. The van der Waals surface area contributed by atoms with Crippen LogP contribution in [0.1, 0.15) is 6.92 Å². The first-order valence-corrected chi connectivity index (χ1v) is 9.56. The quantitative estimate of drug-likeness (QED) is 0.367. The Bertz CT molecular complexity index is 958.